The minimum absolute atomic E-state index is 0.109. The number of hydrogen-bond donors (Lipinski definition) is 3. The quantitative estimate of drug-likeness (QED) is 0.436. The Morgan fingerprint density at radius 2 is 2.05 bits per heavy atom. The van der Waals surface area contributed by atoms with E-state index in [9.17, 15) is 0 Å². The fraction of sp³-hybridized carbons (Fsp3) is 0.400. The Labute approximate surface area is 124 Å². The average molecular weight is 284 g/mol. The van der Waals surface area contributed by atoms with Crippen LogP contribution in [-0.2, 0) is 6.54 Å². The number of piperidine rings is 1. The molecule has 1 aliphatic rings. The summed E-state index contributed by atoms with van der Waals surface area (Å²) in [7, 11) is 0. The van der Waals surface area contributed by atoms with Crippen molar-refractivity contribution in [1.82, 2.24) is 4.90 Å². The van der Waals surface area contributed by atoms with Crippen molar-refractivity contribution in [2.45, 2.75) is 25.8 Å². The molecule has 0 saturated carbocycles. The Kier molecular flexibility index (Phi) is 5.29. The second-order valence-corrected chi connectivity index (χ2v) is 5.09. The molecule has 1 saturated heterocycles. The molecule has 6 heteroatoms. The maximum atomic E-state index is 8.85. The fourth-order valence-electron chi connectivity index (χ4n) is 2.39. The Hall–Kier alpha value is -2.39. The third kappa shape index (κ3) is 4.29. The lowest BCUT2D eigenvalue weighted by atomic mass is 10.1. The van der Waals surface area contributed by atoms with Gasteiger partial charge in [0, 0.05) is 6.54 Å². The molecule has 0 aliphatic carbocycles. The second kappa shape index (κ2) is 7.41. The highest BCUT2D eigenvalue weighted by Gasteiger charge is 2.12. The van der Waals surface area contributed by atoms with E-state index in [1.54, 1.807) is 6.07 Å². The van der Waals surface area contributed by atoms with Gasteiger partial charge in [-0.25, -0.2) is 0 Å². The monoisotopic (exact) mass is 284 g/mol. The highest BCUT2D eigenvalue weighted by atomic mass is 15.3. The summed E-state index contributed by atoms with van der Waals surface area (Å²) in [6.45, 7) is 3.10. The highest BCUT2D eigenvalue weighted by Crippen LogP contribution is 2.19. The van der Waals surface area contributed by atoms with Crippen molar-refractivity contribution in [2.24, 2.45) is 10.8 Å². The average Bonchev–Trinajstić information content (AvgIpc) is 2.50. The van der Waals surface area contributed by atoms with Crippen molar-refractivity contribution in [3.05, 3.63) is 29.8 Å². The van der Waals surface area contributed by atoms with Crippen molar-refractivity contribution in [3.8, 4) is 6.07 Å². The van der Waals surface area contributed by atoms with Gasteiger partial charge < -0.3 is 5.73 Å². The van der Waals surface area contributed by atoms with E-state index < -0.39 is 0 Å². The topological polar surface area (TPSA) is 101 Å². The number of nitrogens with zero attached hydrogens (tertiary/aromatic N) is 3. The molecule has 6 nitrogen and oxygen atoms in total. The van der Waals surface area contributed by atoms with Crippen molar-refractivity contribution in [3.63, 3.8) is 0 Å². The van der Waals surface area contributed by atoms with Crippen LogP contribution in [0.1, 0.15) is 24.8 Å². The molecule has 2 rings (SSSR count). The summed E-state index contributed by atoms with van der Waals surface area (Å²) in [6.07, 6.45) is 3.80. The van der Waals surface area contributed by atoms with Crippen LogP contribution in [0.4, 0.5) is 5.69 Å². The molecule has 1 aromatic carbocycles. The number of para-hydroxylation sites is 1. The summed E-state index contributed by atoms with van der Waals surface area (Å²) in [6, 6.07) is 9.67. The van der Waals surface area contributed by atoms with Gasteiger partial charge in [0.25, 0.3) is 0 Å². The van der Waals surface area contributed by atoms with Gasteiger partial charge in [-0.05, 0) is 37.6 Å². The Morgan fingerprint density at radius 3 is 2.71 bits per heavy atom. The number of hydrogen-bond acceptors (Lipinski definition) is 5. The van der Waals surface area contributed by atoms with Gasteiger partial charge in [0.1, 0.15) is 6.07 Å². The summed E-state index contributed by atoms with van der Waals surface area (Å²) < 4.78 is 0. The molecule has 0 radical (unpaired) electrons. The number of anilines is 1. The molecular weight excluding hydrogens is 264 g/mol. The molecule has 110 valence electrons. The predicted octanol–water partition coefficient (Wildman–Crippen LogP) is 1.90. The molecule has 0 unspecified atom stereocenters. The minimum atomic E-state index is -0.335. The van der Waals surface area contributed by atoms with E-state index in [1.807, 2.05) is 24.3 Å². The maximum Gasteiger partial charge on any atom is 0.201 e. The highest BCUT2D eigenvalue weighted by molar-refractivity contribution is 6.45. The zero-order valence-corrected chi connectivity index (χ0v) is 12.0. The van der Waals surface area contributed by atoms with E-state index in [1.165, 1.54) is 19.3 Å². The molecule has 1 heterocycles. The standard InChI is InChI=1S/C15H20N6/c16-10-14(15(17)18)20-19-13-7-3-2-6-12(13)11-21-8-4-1-5-9-21/h2-3,6-7,19H,1,4-5,8-9,11H2,(H3,17,18)/b20-14+. The lowest BCUT2D eigenvalue weighted by Gasteiger charge is -2.27. The third-order valence-electron chi connectivity index (χ3n) is 3.51. The van der Waals surface area contributed by atoms with Gasteiger partial charge in [-0.3, -0.25) is 15.7 Å². The first kappa shape index (κ1) is 15.0. The molecule has 0 spiro atoms. The smallest absolute Gasteiger partial charge is 0.201 e. The molecule has 4 N–H and O–H groups in total. The summed E-state index contributed by atoms with van der Waals surface area (Å²) >= 11 is 0. The van der Waals surface area contributed by atoms with Crippen molar-refractivity contribution < 1.29 is 0 Å². The van der Waals surface area contributed by atoms with Gasteiger partial charge in [0.15, 0.2) is 5.84 Å². The molecule has 0 aromatic heterocycles. The van der Waals surface area contributed by atoms with Gasteiger partial charge in [0.2, 0.25) is 5.71 Å². The molecule has 21 heavy (non-hydrogen) atoms. The lowest BCUT2D eigenvalue weighted by molar-refractivity contribution is 0.221. The van der Waals surface area contributed by atoms with E-state index in [-0.39, 0.29) is 11.5 Å². The van der Waals surface area contributed by atoms with Crippen LogP contribution in [0, 0.1) is 16.7 Å². The molecule has 1 fully saturated rings. The van der Waals surface area contributed by atoms with Crippen LogP contribution in [-0.4, -0.2) is 29.5 Å². The van der Waals surface area contributed by atoms with Crippen molar-refractivity contribution in [2.75, 3.05) is 18.5 Å². The van der Waals surface area contributed by atoms with Crippen LogP contribution >= 0.6 is 0 Å². The predicted molar refractivity (Wildman–Crippen MR) is 84.2 cm³/mol. The molecule has 1 aromatic rings. The summed E-state index contributed by atoms with van der Waals surface area (Å²) in [5.74, 6) is -0.335. The fourth-order valence-corrected chi connectivity index (χ4v) is 2.39. The van der Waals surface area contributed by atoms with Gasteiger partial charge in [-0.15, -0.1) is 0 Å². The first-order valence-corrected chi connectivity index (χ1v) is 7.09. The third-order valence-corrected chi connectivity index (χ3v) is 3.51. The first-order chi connectivity index (χ1) is 10.2. The van der Waals surface area contributed by atoms with E-state index in [2.05, 4.69) is 15.4 Å². The number of hydrazone groups is 1. The van der Waals surface area contributed by atoms with E-state index >= 15 is 0 Å². The van der Waals surface area contributed by atoms with Gasteiger partial charge in [-0.1, -0.05) is 24.6 Å². The molecular formula is C15H20N6. The van der Waals surface area contributed by atoms with E-state index in [0.717, 1.165) is 30.9 Å². The molecule has 0 atom stereocenters. The van der Waals surface area contributed by atoms with Crippen molar-refractivity contribution in [1.29, 1.82) is 10.7 Å². The zero-order valence-electron chi connectivity index (χ0n) is 12.0. The van der Waals surface area contributed by atoms with Crippen LogP contribution < -0.4 is 11.2 Å². The van der Waals surface area contributed by atoms with Crippen LogP contribution in [0.25, 0.3) is 0 Å². The SMILES string of the molecule is N#C/C(=N\Nc1ccccc1CN1CCCCC1)C(=N)N. The second-order valence-electron chi connectivity index (χ2n) is 5.09. The number of rotatable bonds is 5. The van der Waals surface area contributed by atoms with Gasteiger partial charge in [-0.2, -0.15) is 10.4 Å². The van der Waals surface area contributed by atoms with Crippen LogP contribution in [0.5, 0.6) is 0 Å². The number of nitriles is 1. The number of benzene rings is 1. The molecule has 0 bridgehead atoms. The summed E-state index contributed by atoms with van der Waals surface area (Å²) in [5, 5.41) is 20.0. The van der Waals surface area contributed by atoms with Crippen LogP contribution in [0.2, 0.25) is 0 Å². The maximum absolute atomic E-state index is 8.85. The normalized spacial score (nSPS) is 16.2. The largest absolute Gasteiger partial charge is 0.382 e. The number of nitrogens with one attached hydrogen (secondary N) is 2. The van der Waals surface area contributed by atoms with Crippen LogP contribution in [0.3, 0.4) is 0 Å². The minimum Gasteiger partial charge on any atom is -0.382 e. The van der Waals surface area contributed by atoms with Crippen LogP contribution in [0.15, 0.2) is 29.4 Å². The molecule has 0 amide bonds. The number of nitrogens with two attached hydrogens (primary N) is 1. The first-order valence-electron chi connectivity index (χ1n) is 7.09. The lowest BCUT2D eigenvalue weighted by Crippen LogP contribution is -2.29. The molecule has 1 aliphatic heterocycles. The number of likely N-dealkylation sites (tertiary alicyclic amines) is 1. The van der Waals surface area contributed by atoms with E-state index in [4.69, 9.17) is 16.4 Å². The zero-order chi connectivity index (χ0) is 15.1. The summed E-state index contributed by atoms with van der Waals surface area (Å²) in [4.78, 5) is 2.42. The van der Waals surface area contributed by atoms with Gasteiger partial charge >= 0.3 is 0 Å². The van der Waals surface area contributed by atoms with Crippen molar-refractivity contribution >= 4 is 17.2 Å². The Balaban J connectivity index is 2.09. The van der Waals surface area contributed by atoms with E-state index in [0.29, 0.717) is 0 Å². The van der Waals surface area contributed by atoms with Gasteiger partial charge in [0.05, 0.1) is 5.69 Å². The number of amidine groups is 1. The Bertz CT molecular complexity index is 566. The Morgan fingerprint density at radius 1 is 1.33 bits per heavy atom. The summed E-state index contributed by atoms with van der Waals surface area (Å²) in [5.41, 5.74) is 10.00.